The first kappa shape index (κ1) is 21.6. The van der Waals surface area contributed by atoms with Crippen LogP contribution in [0.2, 0.25) is 0 Å². The van der Waals surface area contributed by atoms with E-state index in [-0.39, 0.29) is 41.3 Å². The summed E-state index contributed by atoms with van der Waals surface area (Å²) in [5.74, 6) is 0.381. The summed E-state index contributed by atoms with van der Waals surface area (Å²) in [4.78, 5) is 39.3. The molecule has 0 spiro atoms. The topological polar surface area (TPSA) is 63.7 Å². The number of hydrogen-bond acceptors (Lipinski definition) is 4. The van der Waals surface area contributed by atoms with Gasteiger partial charge in [-0.05, 0) is 55.9 Å². The van der Waals surface area contributed by atoms with E-state index in [1.165, 1.54) is 0 Å². The van der Waals surface area contributed by atoms with Gasteiger partial charge >= 0.3 is 5.97 Å². The summed E-state index contributed by atoms with van der Waals surface area (Å²) < 4.78 is 5.95. The number of rotatable bonds is 3. The molecule has 1 heterocycles. The Morgan fingerprint density at radius 2 is 1.90 bits per heavy atom. The first-order chi connectivity index (χ1) is 14.0. The summed E-state index contributed by atoms with van der Waals surface area (Å²) in [5, 5.41) is 0.662. The summed E-state index contributed by atoms with van der Waals surface area (Å²) >= 11 is 6.76. The van der Waals surface area contributed by atoms with Gasteiger partial charge in [0.2, 0.25) is 5.91 Å². The van der Waals surface area contributed by atoms with Crippen molar-refractivity contribution in [2.45, 2.75) is 65.4 Å². The molecule has 6 atom stereocenters. The van der Waals surface area contributed by atoms with Gasteiger partial charge in [0, 0.05) is 42.0 Å². The van der Waals surface area contributed by atoms with Crippen molar-refractivity contribution in [2.75, 3.05) is 13.6 Å². The molecule has 2 saturated carbocycles. The van der Waals surface area contributed by atoms with Crippen LogP contribution in [0.5, 0.6) is 0 Å². The van der Waals surface area contributed by atoms with Crippen molar-refractivity contribution >= 4 is 29.3 Å². The van der Waals surface area contributed by atoms with Crippen LogP contribution in [0.25, 0.3) is 0 Å². The predicted molar refractivity (Wildman–Crippen MR) is 115 cm³/mol. The number of esters is 1. The average Bonchev–Trinajstić information content (AvgIpc) is 2.97. The van der Waals surface area contributed by atoms with E-state index in [0.29, 0.717) is 23.9 Å². The van der Waals surface area contributed by atoms with Gasteiger partial charge in [-0.25, -0.2) is 0 Å². The zero-order valence-electron chi connectivity index (χ0n) is 18.6. The number of likely N-dealkylation sites (N-methyl/N-ethyl adjacent to an activating group) is 1. The van der Waals surface area contributed by atoms with Crippen molar-refractivity contribution in [1.29, 1.82) is 0 Å². The van der Waals surface area contributed by atoms with E-state index < -0.39 is 11.0 Å². The monoisotopic (exact) mass is 433 g/mol. The maximum atomic E-state index is 12.9. The molecular formula is C24H32ClNO4. The molecule has 30 heavy (non-hydrogen) atoms. The zero-order chi connectivity index (χ0) is 22.1. The highest BCUT2D eigenvalue weighted by atomic mass is 35.5. The first-order valence-corrected chi connectivity index (χ1v) is 11.5. The van der Waals surface area contributed by atoms with Crippen LogP contribution in [0.1, 0.15) is 59.8 Å². The Morgan fingerprint density at radius 1 is 1.23 bits per heavy atom. The van der Waals surface area contributed by atoms with E-state index in [9.17, 15) is 14.4 Å². The number of halogens is 1. The number of carbonyl (C=O) groups excluding carboxylic acids is 3. The summed E-state index contributed by atoms with van der Waals surface area (Å²) in [6.07, 6.45) is 7.22. The number of Topliss-reactive ketones (excluding diaryl/α,β-unsaturated/α-hetero) is 1. The molecule has 0 bridgehead atoms. The van der Waals surface area contributed by atoms with Crippen LogP contribution >= 0.6 is 11.6 Å². The third kappa shape index (κ3) is 2.70. The van der Waals surface area contributed by atoms with Crippen LogP contribution in [0.4, 0.5) is 0 Å². The quantitative estimate of drug-likeness (QED) is 0.624. The van der Waals surface area contributed by atoms with E-state index in [1.54, 1.807) is 24.8 Å². The van der Waals surface area contributed by atoms with Gasteiger partial charge in [-0.3, -0.25) is 14.4 Å². The highest BCUT2D eigenvalue weighted by Crippen LogP contribution is 2.67. The molecule has 4 aliphatic rings. The fraction of sp³-hybridized carbons (Fsp3) is 0.708. The molecule has 0 aromatic heterocycles. The smallest absolute Gasteiger partial charge is 0.306 e. The summed E-state index contributed by atoms with van der Waals surface area (Å²) in [5.41, 5.74) is -0.716. The Balaban J connectivity index is 1.78. The molecule has 164 valence electrons. The van der Waals surface area contributed by atoms with Gasteiger partial charge < -0.3 is 9.64 Å². The van der Waals surface area contributed by atoms with Crippen molar-refractivity contribution in [3.63, 3.8) is 0 Å². The van der Waals surface area contributed by atoms with Crippen molar-refractivity contribution in [3.05, 3.63) is 22.8 Å². The standard InChI is InChI=1S/C24H32ClNO4/c1-6-21(29)30-24(14(2)27)10-8-17-15-11-19(25)18-12-20(28)26(5)13-22(18,3)16(15)7-9-23(17,24)4/h11-12,15-17H,6-10,13H2,1-5H3/t15-,16+,17+,22-,23+,24+/m1/s1. The Bertz CT molecular complexity index is 878. The Kier molecular flexibility index (Phi) is 5.00. The molecule has 0 N–H and O–H groups in total. The number of carbonyl (C=O) groups is 3. The second kappa shape index (κ2) is 6.94. The molecule has 0 unspecified atom stereocenters. The Hall–Kier alpha value is -1.62. The number of amides is 1. The molecule has 0 radical (unpaired) electrons. The SMILES string of the molecule is CCC(=O)O[C@]1(C(C)=O)CC[C@H]2[C@@H]3C=C(Cl)C4=CC(=O)N(C)C[C@]4(C)[C@H]3CC[C@@]21C. The minimum atomic E-state index is -1.05. The zero-order valence-corrected chi connectivity index (χ0v) is 19.3. The molecule has 3 aliphatic carbocycles. The second-order valence-corrected chi connectivity index (χ2v) is 10.6. The third-order valence-corrected chi connectivity index (χ3v) is 9.17. The van der Waals surface area contributed by atoms with E-state index in [1.807, 2.05) is 7.05 Å². The molecule has 5 nitrogen and oxygen atoms in total. The maximum absolute atomic E-state index is 12.9. The molecule has 4 rings (SSSR count). The minimum Gasteiger partial charge on any atom is -0.450 e. The summed E-state index contributed by atoms with van der Waals surface area (Å²) in [6, 6.07) is 0. The van der Waals surface area contributed by atoms with Gasteiger partial charge in [-0.15, -0.1) is 0 Å². The summed E-state index contributed by atoms with van der Waals surface area (Å²) in [7, 11) is 1.84. The summed E-state index contributed by atoms with van der Waals surface area (Å²) in [6.45, 7) is 8.34. The van der Waals surface area contributed by atoms with E-state index in [0.717, 1.165) is 24.8 Å². The number of ether oxygens (including phenoxy) is 1. The number of ketones is 1. The molecular weight excluding hydrogens is 402 g/mol. The number of allylic oxidation sites excluding steroid dienone is 2. The third-order valence-electron chi connectivity index (χ3n) is 8.84. The highest BCUT2D eigenvalue weighted by molar-refractivity contribution is 6.32. The van der Waals surface area contributed by atoms with Gasteiger partial charge in [-0.1, -0.05) is 38.4 Å². The lowest BCUT2D eigenvalue weighted by Gasteiger charge is -2.58. The molecule has 1 amide bonds. The van der Waals surface area contributed by atoms with E-state index >= 15 is 0 Å². The Morgan fingerprint density at radius 3 is 2.53 bits per heavy atom. The maximum Gasteiger partial charge on any atom is 0.306 e. The molecule has 0 aromatic rings. The lowest BCUT2D eigenvalue weighted by molar-refractivity contribution is -0.186. The second-order valence-electron chi connectivity index (χ2n) is 10.2. The van der Waals surface area contributed by atoms with Crippen molar-refractivity contribution in [2.24, 2.45) is 28.6 Å². The molecule has 6 heteroatoms. The number of hydrogen-bond donors (Lipinski definition) is 0. The fourth-order valence-corrected chi connectivity index (χ4v) is 7.64. The van der Waals surface area contributed by atoms with E-state index in [2.05, 4.69) is 19.9 Å². The van der Waals surface area contributed by atoms with Gasteiger partial charge in [0.25, 0.3) is 0 Å². The lowest BCUT2D eigenvalue weighted by atomic mass is 9.48. The van der Waals surface area contributed by atoms with E-state index in [4.69, 9.17) is 16.3 Å². The Labute approximate surface area is 183 Å². The number of fused-ring (bicyclic) bond motifs is 5. The molecule has 2 fully saturated rings. The largest absolute Gasteiger partial charge is 0.450 e. The van der Waals surface area contributed by atoms with Gasteiger partial charge in [0.05, 0.1) is 0 Å². The van der Waals surface area contributed by atoms with Gasteiger partial charge in [0.1, 0.15) is 0 Å². The van der Waals surface area contributed by atoms with Gasteiger partial charge in [-0.2, -0.15) is 0 Å². The van der Waals surface area contributed by atoms with Crippen LogP contribution in [0.15, 0.2) is 22.8 Å². The van der Waals surface area contributed by atoms with Crippen LogP contribution < -0.4 is 0 Å². The van der Waals surface area contributed by atoms with Crippen LogP contribution in [0.3, 0.4) is 0 Å². The average molecular weight is 434 g/mol. The van der Waals surface area contributed by atoms with Crippen molar-refractivity contribution < 1.29 is 19.1 Å². The van der Waals surface area contributed by atoms with Crippen LogP contribution in [0, 0.1) is 28.6 Å². The lowest BCUT2D eigenvalue weighted by Crippen LogP contribution is -2.59. The highest BCUT2D eigenvalue weighted by Gasteiger charge is 2.68. The fourth-order valence-electron chi connectivity index (χ4n) is 7.23. The van der Waals surface area contributed by atoms with Crippen LogP contribution in [-0.4, -0.2) is 41.8 Å². The normalized spacial score (nSPS) is 42.5. The minimum absolute atomic E-state index is 0.00364. The first-order valence-electron chi connectivity index (χ1n) is 11.1. The predicted octanol–water partition coefficient (Wildman–Crippen LogP) is 4.25. The van der Waals surface area contributed by atoms with Crippen molar-refractivity contribution in [3.8, 4) is 0 Å². The van der Waals surface area contributed by atoms with Gasteiger partial charge in [0.15, 0.2) is 11.4 Å². The number of nitrogens with zero attached hydrogens (tertiary/aromatic N) is 1. The molecule has 0 saturated heterocycles. The van der Waals surface area contributed by atoms with Crippen LogP contribution in [-0.2, 0) is 19.1 Å². The molecule has 1 aliphatic heterocycles. The molecule has 0 aromatic carbocycles. The van der Waals surface area contributed by atoms with Crippen molar-refractivity contribution in [1.82, 2.24) is 4.90 Å².